The number of hydrogen-bond donors (Lipinski definition) is 1. The van der Waals surface area contributed by atoms with Crippen molar-refractivity contribution in [3.05, 3.63) is 64.7 Å². The molecular weight excluding hydrogens is 234 g/mol. The van der Waals surface area contributed by atoms with Crippen LogP contribution in [0.15, 0.2) is 42.5 Å². The molecule has 0 aliphatic heterocycles. The second-order valence-electron chi connectivity index (χ2n) is 5.05. The van der Waals surface area contributed by atoms with Crippen LogP contribution >= 0.6 is 0 Å². The third-order valence-electron chi connectivity index (χ3n) is 3.28. The second kappa shape index (κ2) is 5.89. The minimum Gasteiger partial charge on any atom is -0.496 e. The van der Waals surface area contributed by atoms with E-state index in [1.54, 1.807) is 7.11 Å². The lowest BCUT2D eigenvalue weighted by atomic mass is 9.96. The van der Waals surface area contributed by atoms with Crippen LogP contribution in [-0.4, -0.2) is 7.11 Å². The number of aryl methyl sites for hydroxylation is 2. The van der Waals surface area contributed by atoms with Gasteiger partial charge in [0.05, 0.1) is 7.11 Å². The molecule has 0 aliphatic rings. The molecule has 0 aromatic heterocycles. The van der Waals surface area contributed by atoms with E-state index >= 15 is 0 Å². The molecule has 1 atom stereocenters. The topological polar surface area (TPSA) is 35.2 Å². The van der Waals surface area contributed by atoms with Crippen molar-refractivity contribution in [2.45, 2.75) is 26.3 Å². The number of benzene rings is 2. The van der Waals surface area contributed by atoms with Crippen LogP contribution in [0.25, 0.3) is 0 Å². The highest BCUT2D eigenvalue weighted by Crippen LogP contribution is 2.26. The van der Waals surface area contributed by atoms with Crippen LogP contribution in [0.1, 0.15) is 28.3 Å². The molecule has 0 saturated heterocycles. The molecule has 0 bridgehead atoms. The van der Waals surface area contributed by atoms with E-state index in [0.29, 0.717) is 0 Å². The van der Waals surface area contributed by atoms with Gasteiger partial charge >= 0.3 is 0 Å². The summed E-state index contributed by atoms with van der Waals surface area (Å²) < 4.78 is 5.37. The average molecular weight is 255 g/mol. The van der Waals surface area contributed by atoms with Crippen LogP contribution < -0.4 is 10.5 Å². The van der Waals surface area contributed by atoms with Crippen LogP contribution in [0, 0.1) is 13.8 Å². The van der Waals surface area contributed by atoms with Gasteiger partial charge in [0.2, 0.25) is 0 Å². The number of ether oxygens (including phenoxy) is 1. The van der Waals surface area contributed by atoms with Crippen molar-refractivity contribution in [2.75, 3.05) is 7.11 Å². The highest BCUT2D eigenvalue weighted by atomic mass is 16.5. The van der Waals surface area contributed by atoms with Crippen molar-refractivity contribution in [3.8, 4) is 5.75 Å². The smallest absolute Gasteiger partial charge is 0.123 e. The van der Waals surface area contributed by atoms with Crippen molar-refractivity contribution >= 4 is 0 Å². The zero-order chi connectivity index (χ0) is 13.8. The summed E-state index contributed by atoms with van der Waals surface area (Å²) >= 11 is 0. The van der Waals surface area contributed by atoms with Crippen LogP contribution in [0.2, 0.25) is 0 Å². The van der Waals surface area contributed by atoms with Gasteiger partial charge in [-0.15, -0.1) is 0 Å². The Kier molecular flexibility index (Phi) is 4.23. The first kappa shape index (κ1) is 13.6. The van der Waals surface area contributed by atoms with Gasteiger partial charge in [-0.1, -0.05) is 47.5 Å². The Balaban J connectivity index is 2.22. The molecule has 2 nitrogen and oxygen atoms in total. The molecule has 0 spiro atoms. The van der Waals surface area contributed by atoms with Gasteiger partial charge in [0, 0.05) is 11.6 Å². The minimum atomic E-state index is -0.0441. The first-order valence-electron chi connectivity index (χ1n) is 6.56. The van der Waals surface area contributed by atoms with E-state index in [0.717, 1.165) is 17.7 Å². The number of nitrogens with two attached hydrogens (primary N) is 1. The summed E-state index contributed by atoms with van der Waals surface area (Å²) in [5.41, 5.74) is 11.2. The quantitative estimate of drug-likeness (QED) is 0.906. The van der Waals surface area contributed by atoms with Crippen molar-refractivity contribution in [3.63, 3.8) is 0 Å². The van der Waals surface area contributed by atoms with Crippen molar-refractivity contribution in [1.29, 1.82) is 0 Å². The molecule has 0 saturated carbocycles. The van der Waals surface area contributed by atoms with E-state index in [1.807, 2.05) is 24.3 Å². The molecule has 2 N–H and O–H groups in total. The maximum Gasteiger partial charge on any atom is 0.123 e. The molecule has 19 heavy (non-hydrogen) atoms. The zero-order valence-electron chi connectivity index (χ0n) is 11.8. The summed E-state index contributed by atoms with van der Waals surface area (Å²) in [7, 11) is 1.68. The molecule has 2 aromatic rings. The van der Waals surface area contributed by atoms with Gasteiger partial charge in [-0.3, -0.25) is 0 Å². The fourth-order valence-electron chi connectivity index (χ4n) is 2.52. The number of methoxy groups -OCH3 is 1. The normalized spacial score (nSPS) is 12.2. The zero-order valence-corrected chi connectivity index (χ0v) is 11.8. The highest BCUT2D eigenvalue weighted by Gasteiger charge is 2.12. The molecule has 0 amide bonds. The summed E-state index contributed by atoms with van der Waals surface area (Å²) in [5, 5.41) is 0. The summed E-state index contributed by atoms with van der Waals surface area (Å²) in [6.07, 6.45) is 0.822. The van der Waals surface area contributed by atoms with Gasteiger partial charge < -0.3 is 10.5 Å². The summed E-state index contributed by atoms with van der Waals surface area (Å²) in [4.78, 5) is 0. The molecule has 0 aliphatic carbocycles. The molecule has 2 heteroatoms. The van der Waals surface area contributed by atoms with Gasteiger partial charge in [-0.05, 0) is 31.9 Å². The van der Waals surface area contributed by atoms with Crippen molar-refractivity contribution < 1.29 is 4.74 Å². The van der Waals surface area contributed by atoms with Crippen LogP contribution in [0.3, 0.4) is 0 Å². The van der Waals surface area contributed by atoms with E-state index in [1.165, 1.54) is 16.7 Å². The maximum atomic E-state index is 6.32. The highest BCUT2D eigenvalue weighted by molar-refractivity contribution is 5.37. The molecule has 2 aromatic carbocycles. The van der Waals surface area contributed by atoms with E-state index in [2.05, 4.69) is 32.0 Å². The fourth-order valence-corrected chi connectivity index (χ4v) is 2.52. The first-order chi connectivity index (χ1) is 9.10. The predicted octanol–water partition coefficient (Wildman–Crippen LogP) is 3.55. The van der Waals surface area contributed by atoms with E-state index in [-0.39, 0.29) is 6.04 Å². The third kappa shape index (κ3) is 3.36. The Labute approximate surface area is 115 Å². The molecule has 0 radical (unpaired) electrons. The number of hydrogen-bond acceptors (Lipinski definition) is 2. The largest absolute Gasteiger partial charge is 0.496 e. The molecular formula is C17H21NO. The molecule has 1 unspecified atom stereocenters. The van der Waals surface area contributed by atoms with Crippen LogP contribution in [0.5, 0.6) is 5.75 Å². The summed E-state index contributed by atoms with van der Waals surface area (Å²) in [6.45, 7) is 4.23. The molecule has 2 rings (SSSR count). The number of rotatable bonds is 4. The lowest BCUT2D eigenvalue weighted by Gasteiger charge is -2.16. The number of para-hydroxylation sites is 1. The summed E-state index contributed by atoms with van der Waals surface area (Å²) in [5.74, 6) is 0.861. The SMILES string of the molecule is COc1ccccc1C(N)Cc1cc(C)cc(C)c1. The van der Waals surface area contributed by atoms with E-state index in [9.17, 15) is 0 Å². The molecule has 0 fully saturated rings. The van der Waals surface area contributed by atoms with Gasteiger partial charge in [-0.25, -0.2) is 0 Å². The lowest BCUT2D eigenvalue weighted by molar-refractivity contribution is 0.405. The Morgan fingerprint density at radius 1 is 1.05 bits per heavy atom. The van der Waals surface area contributed by atoms with Gasteiger partial charge in [-0.2, -0.15) is 0 Å². The fraction of sp³-hybridized carbons (Fsp3) is 0.294. The Morgan fingerprint density at radius 2 is 1.68 bits per heavy atom. The third-order valence-corrected chi connectivity index (χ3v) is 3.28. The predicted molar refractivity (Wildman–Crippen MR) is 79.5 cm³/mol. The van der Waals surface area contributed by atoms with Gasteiger partial charge in [0.1, 0.15) is 5.75 Å². The standard InChI is InChI=1S/C17H21NO/c1-12-8-13(2)10-14(9-12)11-16(18)15-6-4-5-7-17(15)19-3/h4-10,16H,11,18H2,1-3H3. The monoisotopic (exact) mass is 255 g/mol. The Bertz CT molecular complexity index is 543. The van der Waals surface area contributed by atoms with Crippen molar-refractivity contribution in [1.82, 2.24) is 0 Å². The Morgan fingerprint density at radius 3 is 2.32 bits per heavy atom. The lowest BCUT2D eigenvalue weighted by Crippen LogP contribution is -2.14. The second-order valence-corrected chi connectivity index (χ2v) is 5.05. The van der Waals surface area contributed by atoms with Crippen LogP contribution in [0.4, 0.5) is 0 Å². The van der Waals surface area contributed by atoms with Gasteiger partial charge in [0.25, 0.3) is 0 Å². The molecule has 100 valence electrons. The van der Waals surface area contributed by atoms with E-state index < -0.39 is 0 Å². The molecule has 0 heterocycles. The average Bonchev–Trinajstić information content (AvgIpc) is 2.37. The van der Waals surface area contributed by atoms with Crippen molar-refractivity contribution in [2.24, 2.45) is 5.73 Å². The first-order valence-corrected chi connectivity index (χ1v) is 6.56. The maximum absolute atomic E-state index is 6.32. The summed E-state index contributed by atoms with van der Waals surface area (Å²) in [6, 6.07) is 14.5. The van der Waals surface area contributed by atoms with Crippen LogP contribution in [-0.2, 0) is 6.42 Å². The van der Waals surface area contributed by atoms with E-state index in [4.69, 9.17) is 10.5 Å². The Hall–Kier alpha value is -1.80. The minimum absolute atomic E-state index is 0.0441. The van der Waals surface area contributed by atoms with Gasteiger partial charge in [0.15, 0.2) is 0 Å².